The van der Waals surface area contributed by atoms with Crippen LogP contribution in [0.2, 0.25) is 0 Å². The Morgan fingerprint density at radius 3 is 2.69 bits per heavy atom. The molecule has 2 aromatic rings. The molecule has 4 rings (SSSR count). The summed E-state index contributed by atoms with van der Waals surface area (Å²) in [5.41, 5.74) is 4.80. The van der Waals surface area contributed by atoms with E-state index in [4.69, 9.17) is 4.74 Å². The first-order valence-corrected chi connectivity index (χ1v) is 9.09. The molecule has 1 amide bonds. The minimum absolute atomic E-state index is 0. The van der Waals surface area contributed by atoms with E-state index in [9.17, 15) is 4.79 Å². The SMILES string of the molecule is CC1Cc2cc(-c3ccc(CNC(=O)C4CCCN4)cc3)ccc2O1.Cl. The highest BCUT2D eigenvalue weighted by atomic mass is 35.5. The molecular formula is C21H25ClN2O2. The Labute approximate surface area is 160 Å². The number of nitrogens with one attached hydrogen (secondary N) is 2. The zero-order valence-corrected chi connectivity index (χ0v) is 15.8. The summed E-state index contributed by atoms with van der Waals surface area (Å²) < 4.78 is 5.77. The number of fused-ring (bicyclic) bond motifs is 1. The second-order valence-corrected chi connectivity index (χ2v) is 7.02. The first-order valence-electron chi connectivity index (χ1n) is 9.09. The highest BCUT2D eigenvalue weighted by molar-refractivity contribution is 5.85. The summed E-state index contributed by atoms with van der Waals surface area (Å²) >= 11 is 0. The second-order valence-electron chi connectivity index (χ2n) is 7.02. The molecule has 0 spiro atoms. The third-order valence-electron chi connectivity index (χ3n) is 5.03. The van der Waals surface area contributed by atoms with Crippen molar-refractivity contribution in [3.8, 4) is 16.9 Å². The van der Waals surface area contributed by atoms with Gasteiger partial charge in [0.25, 0.3) is 0 Å². The fourth-order valence-corrected chi connectivity index (χ4v) is 3.64. The van der Waals surface area contributed by atoms with Gasteiger partial charge in [0, 0.05) is 13.0 Å². The van der Waals surface area contributed by atoms with Gasteiger partial charge in [-0.25, -0.2) is 0 Å². The van der Waals surface area contributed by atoms with Gasteiger partial charge in [0.05, 0.1) is 6.04 Å². The van der Waals surface area contributed by atoms with Crippen LogP contribution in [0.1, 0.15) is 30.9 Å². The van der Waals surface area contributed by atoms with Crippen LogP contribution in [0.25, 0.3) is 11.1 Å². The summed E-state index contributed by atoms with van der Waals surface area (Å²) in [4.78, 5) is 12.1. The minimum atomic E-state index is -0.0182. The number of amides is 1. The molecule has 2 N–H and O–H groups in total. The van der Waals surface area contributed by atoms with E-state index in [1.165, 1.54) is 16.7 Å². The summed E-state index contributed by atoms with van der Waals surface area (Å²) in [6.45, 7) is 3.62. The molecule has 2 aromatic carbocycles. The van der Waals surface area contributed by atoms with Crippen molar-refractivity contribution in [2.75, 3.05) is 6.54 Å². The molecular weight excluding hydrogens is 348 g/mol. The van der Waals surface area contributed by atoms with Gasteiger partial charge in [0.15, 0.2) is 0 Å². The summed E-state index contributed by atoms with van der Waals surface area (Å²) in [7, 11) is 0. The van der Waals surface area contributed by atoms with Gasteiger partial charge in [-0.05, 0) is 60.7 Å². The Morgan fingerprint density at radius 2 is 1.96 bits per heavy atom. The first-order chi connectivity index (χ1) is 12.2. The van der Waals surface area contributed by atoms with Crippen molar-refractivity contribution in [1.82, 2.24) is 10.6 Å². The Morgan fingerprint density at radius 1 is 1.19 bits per heavy atom. The van der Waals surface area contributed by atoms with E-state index in [0.29, 0.717) is 6.54 Å². The topological polar surface area (TPSA) is 50.4 Å². The van der Waals surface area contributed by atoms with Crippen LogP contribution < -0.4 is 15.4 Å². The van der Waals surface area contributed by atoms with E-state index in [1.54, 1.807) is 0 Å². The fraction of sp³-hybridized carbons (Fsp3) is 0.381. The highest BCUT2D eigenvalue weighted by Crippen LogP contribution is 2.32. The quantitative estimate of drug-likeness (QED) is 0.864. The molecule has 5 heteroatoms. The molecule has 1 fully saturated rings. The van der Waals surface area contributed by atoms with Gasteiger partial charge in [-0.1, -0.05) is 30.3 Å². The van der Waals surface area contributed by atoms with Crippen molar-refractivity contribution in [3.63, 3.8) is 0 Å². The van der Waals surface area contributed by atoms with Crippen molar-refractivity contribution in [2.45, 2.75) is 44.9 Å². The Bertz CT molecular complexity index is 770. The number of halogens is 1. The van der Waals surface area contributed by atoms with E-state index in [-0.39, 0.29) is 30.5 Å². The van der Waals surface area contributed by atoms with E-state index in [2.05, 4.69) is 60.0 Å². The summed E-state index contributed by atoms with van der Waals surface area (Å²) in [5, 5.41) is 6.25. The Kier molecular flexibility index (Phi) is 5.84. The lowest BCUT2D eigenvalue weighted by Crippen LogP contribution is -2.39. The molecule has 2 atom stereocenters. The molecule has 0 saturated carbocycles. The van der Waals surface area contributed by atoms with Gasteiger partial charge in [-0.2, -0.15) is 0 Å². The van der Waals surface area contributed by atoms with Gasteiger partial charge in [0.1, 0.15) is 11.9 Å². The Balaban J connectivity index is 0.00000196. The minimum Gasteiger partial charge on any atom is -0.490 e. The molecule has 138 valence electrons. The monoisotopic (exact) mass is 372 g/mol. The molecule has 2 heterocycles. The number of ether oxygens (including phenoxy) is 1. The standard InChI is InChI=1S/C21H24N2O2.ClH/c1-14-11-18-12-17(8-9-20(18)25-14)16-6-4-15(5-7-16)13-23-21(24)19-3-2-10-22-19;/h4-9,12,14,19,22H,2-3,10-11,13H2,1H3,(H,23,24);1H. The molecule has 1 saturated heterocycles. The van der Waals surface area contributed by atoms with Gasteiger partial charge in [-0.15, -0.1) is 12.4 Å². The van der Waals surface area contributed by atoms with Crippen LogP contribution in [-0.4, -0.2) is 24.6 Å². The summed E-state index contributed by atoms with van der Waals surface area (Å²) in [6.07, 6.45) is 3.26. The maximum atomic E-state index is 12.1. The lowest BCUT2D eigenvalue weighted by atomic mass is 10.00. The van der Waals surface area contributed by atoms with Crippen molar-refractivity contribution in [2.24, 2.45) is 0 Å². The van der Waals surface area contributed by atoms with Crippen molar-refractivity contribution < 1.29 is 9.53 Å². The van der Waals surface area contributed by atoms with Gasteiger partial charge < -0.3 is 15.4 Å². The van der Waals surface area contributed by atoms with Crippen LogP contribution in [0, 0.1) is 0 Å². The summed E-state index contributed by atoms with van der Waals surface area (Å²) in [6, 6.07) is 14.8. The van der Waals surface area contributed by atoms with E-state index < -0.39 is 0 Å². The maximum absolute atomic E-state index is 12.1. The highest BCUT2D eigenvalue weighted by Gasteiger charge is 2.21. The molecule has 2 unspecified atom stereocenters. The zero-order valence-electron chi connectivity index (χ0n) is 15.0. The smallest absolute Gasteiger partial charge is 0.237 e. The van der Waals surface area contributed by atoms with Crippen LogP contribution in [0.15, 0.2) is 42.5 Å². The van der Waals surface area contributed by atoms with Crippen LogP contribution in [-0.2, 0) is 17.8 Å². The van der Waals surface area contributed by atoms with Crippen LogP contribution in [0.3, 0.4) is 0 Å². The number of hydrogen-bond acceptors (Lipinski definition) is 3. The van der Waals surface area contributed by atoms with Gasteiger partial charge in [0.2, 0.25) is 5.91 Å². The van der Waals surface area contributed by atoms with Gasteiger partial charge >= 0.3 is 0 Å². The molecule has 2 aliphatic rings. The largest absolute Gasteiger partial charge is 0.490 e. The molecule has 0 aromatic heterocycles. The molecule has 4 nitrogen and oxygen atoms in total. The van der Waals surface area contributed by atoms with E-state index in [1.807, 2.05) is 0 Å². The number of rotatable bonds is 4. The third kappa shape index (κ3) is 4.02. The third-order valence-corrected chi connectivity index (χ3v) is 5.03. The van der Waals surface area contributed by atoms with E-state index >= 15 is 0 Å². The Hall–Kier alpha value is -2.04. The van der Waals surface area contributed by atoms with Crippen molar-refractivity contribution >= 4 is 18.3 Å². The number of carbonyl (C=O) groups excluding carboxylic acids is 1. The normalized spacial score (nSPS) is 20.8. The average molecular weight is 373 g/mol. The lowest BCUT2D eigenvalue weighted by Gasteiger charge is -2.11. The molecule has 26 heavy (non-hydrogen) atoms. The molecule has 0 aliphatic carbocycles. The number of carbonyl (C=O) groups is 1. The van der Waals surface area contributed by atoms with Crippen molar-refractivity contribution in [3.05, 3.63) is 53.6 Å². The summed E-state index contributed by atoms with van der Waals surface area (Å²) in [5.74, 6) is 1.12. The van der Waals surface area contributed by atoms with Crippen LogP contribution in [0.4, 0.5) is 0 Å². The van der Waals surface area contributed by atoms with Crippen LogP contribution >= 0.6 is 12.4 Å². The number of benzene rings is 2. The molecule has 0 radical (unpaired) electrons. The molecule has 0 bridgehead atoms. The predicted molar refractivity (Wildman–Crippen MR) is 106 cm³/mol. The fourth-order valence-electron chi connectivity index (χ4n) is 3.64. The van der Waals surface area contributed by atoms with Crippen LogP contribution in [0.5, 0.6) is 5.75 Å². The van der Waals surface area contributed by atoms with Crippen molar-refractivity contribution in [1.29, 1.82) is 0 Å². The van der Waals surface area contributed by atoms with Gasteiger partial charge in [-0.3, -0.25) is 4.79 Å². The second kappa shape index (κ2) is 8.11. The zero-order chi connectivity index (χ0) is 17.2. The number of hydrogen-bond donors (Lipinski definition) is 2. The predicted octanol–water partition coefficient (Wildman–Crippen LogP) is 3.47. The molecule has 2 aliphatic heterocycles. The first kappa shape index (κ1) is 18.7. The average Bonchev–Trinajstić information content (AvgIpc) is 3.28. The lowest BCUT2D eigenvalue weighted by molar-refractivity contribution is -0.122. The maximum Gasteiger partial charge on any atom is 0.237 e. The van der Waals surface area contributed by atoms with E-state index in [0.717, 1.165) is 37.1 Å².